The Morgan fingerprint density at radius 3 is 2.78 bits per heavy atom. The highest BCUT2D eigenvalue weighted by Gasteiger charge is 1.90. The van der Waals surface area contributed by atoms with Crippen LogP contribution in [0.15, 0.2) is 0 Å². The molecule has 0 spiro atoms. The highest BCUT2D eigenvalue weighted by molar-refractivity contribution is 7.93. The molecule has 9 heavy (non-hydrogen) atoms. The van der Waals surface area contributed by atoms with Crippen molar-refractivity contribution in [2.45, 2.75) is 6.92 Å². The van der Waals surface area contributed by atoms with Crippen LogP contribution in [0.1, 0.15) is 6.92 Å². The molecule has 0 aliphatic carbocycles. The van der Waals surface area contributed by atoms with Crippen molar-refractivity contribution in [3.63, 3.8) is 0 Å². The molecule has 0 unspecified atom stereocenters. The Morgan fingerprint density at radius 1 is 1.67 bits per heavy atom. The molecule has 2 nitrogen and oxygen atoms in total. The molecule has 0 N–H and O–H groups in total. The number of hydrogen-bond acceptors (Lipinski definition) is 3. The normalized spacial score (nSPS) is 8.89. The summed E-state index contributed by atoms with van der Waals surface area (Å²) < 4.78 is 4.99. The minimum Gasteiger partial charge on any atom is -0.228 e. The first-order valence-corrected chi connectivity index (χ1v) is 3.77. The van der Waals surface area contributed by atoms with E-state index in [0.717, 1.165) is 0 Å². The van der Waals surface area contributed by atoms with Gasteiger partial charge in [-0.1, -0.05) is 5.92 Å². The van der Waals surface area contributed by atoms with E-state index in [4.69, 9.17) is 4.28 Å². The van der Waals surface area contributed by atoms with E-state index < -0.39 is 0 Å². The SMILES string of the molecule is CC#CCN(C)OSC. The van der Waals surface area contributed by atoms with Gasteiger partial charge in [0.25, 0.3) is 0 Å². The number of rotatable bonds is 3. The Kier molecular flexibility index (Phi) is 5.85. The summed E-state index contributed by atoms with van der Waals surface area (Å²) >= 11 is 1.32. The maximum Gasteiger partial charge on any atom is 0.0860 e. The van der Waals surface area contributed by atoms with Gasteiger partial charge in [-0.3, -0.25) is 0 Å². The van der Waals surface area contributed by atoms with E-state index in [-0.39, 0.29) is 0 Å². The highest BCUT2D eigenvalue weighted by atomic mass is 32.2. The van der Waals surface area contributed by atoms with Crippen LogP contribution < -0.4 is 0 Å². The van der Waals surface area contributed by atoms with Crippen LogP contribution in [0.25, 0.3) is 0 Å². The van der Waals surface area contributed by atoms with Crippen LogP contribution in [-0.2, 0) is 4.28 Å². The van der Waals surface area contributed by atoms with E-state index in [0.29, 0.717) is 6.54 Å². The summed E-state index contributed by atoms with van der Waals surface area (Å²) in [5, 5.41) is 1.68. The summed E-state index contributed by atoms with van der Waals surface area (Å²) in [5.41, 5.74) is 0. The van der Waals surface area contributed by atoms with Gasteiger partial charge in [-0.15, -0.1) is 5.92 Å². The fourth-order valence-electron chi connectivity index (χ4n) is 0.344. The molecule has 0 aromatic heterocycles. The largest absolute Gasteiger partial charge is 0.228 e. The molecular formula is C6H11NOS. The van der Waals surface area contributed by atoms with E-state index in [1.807, 2.05) is 20.2 Å². The predicted molar refractivity (Wildman–Crippen MR) is 40.7 cm³/mol. The van der Waals surface area contributed by atoms with Crippen molar-refractivity contribution in [1.82, 2.24) is 5.06 Å². The fourth-order valence-corrected chi connectivity index (χ4v) is 0.651. The predicted octanol–water partition coefficient (Wildman–Crippen LogP) is 1.15. The van der Waals surface area contributed by atoms with Crippen molar-refractivity contribution in [3.8, 4) is 11.8 Å². The Bertz CT molecular complexity index is 116. The van der Waals surface area contributed by atoms with Crippen LogP contribution in [0.2, 0.25) is 0 Å². The van der Waals surface area contributed by atoms with E-state index in [2.05, 4.69) is 11.8 Å². The van der Waals surface area contributed by atoms with Crippen LogP contribution in [0.4, 0.5) is 0 Å². The Hall–Kier alpha value is -0.170. The van der Waals surface area contributed by atoms with E-state index in [1.54, 1.807) is 5.06 Å². The van der Waals surface area contributed by atoms with E-state index >= 15 is 0 Å². The molecule has 0 saturated carbocycles. The Labute approximate surface area is 60.7 Å². The summed E-state index contributed by atoms with van der Waals surface area (Å²) in [4.78, 5) is 0. The lowest BCUT2D eigenvalue weighted by Crippen LogP contribution is -2.14. The lowest BCUT2D eigenvalue weighted by molar-refractivity contribution is 0.00803. The third-order valence-electron chi connectivity index (χ3n) is 0.680. The molecule has 0 aliphatic heterocycles. The summed E-state index contributed by atoms with van der Waals surface area (Å²) in [6, 6.07) is 0. The van der Waals surface area contributed by atoms with Gasteiger partial charge < -0.3 is 0 Å². The molecule has 0 amide bonds. The molecule has 0 heterocycles. The van der Waals surface area contributed by atoms with Gasteiger partial charge in [0, 0.05) is 25.3 Å². The summed E-state index contributed by atoms with van der Waals surface area (Å²) in [6.07, 6.45) is 1.87. The van der Waals surface area contributed by atoms with Gasteiger partial charge >= 0.3 is 0 Å². The molecule has 0 bridgehead atoms. The van der Waals surface area contributed by atoms with Crippen molar-refractivity contribution >= 4 is 12.0 Å². The smallest absolute Gasteiger partial charge is 0.0860 e. The van der Waals surface area contributed by atoms with Gasteiger partial charge in [0.05, 0.1) is 6.54 Å². The first kappa shape index (κ1) is 8.83. The van der Waals surface area contributed by atoms with Gasteiger partial charge in [0.1, 0.15) is 0 Å². The second-order valence-electron chi connectivity index (χ2n) is 1.45. The Balaban J connectivity index is 3.22. The lowest BCUT2D eigenvalue weighted by Gasteiger charge is -2.08. The fraction of sp³-hybridized carbons (Fsp3) is 0.667. The molecule has 52 valence electrons. The van der Waals surface area contributed by atoms with Crippen LogP contribution in [0.5, 0.6) is 0 Å². The van der Waals surface area contributed by atoms with Gasteiger partial charge in [0.15, 0.2) is 0 Å². The zero-order valence-electron chi connectivity index (χ0n) is 5.97. The topological polar surface area (TPSA) is 12.5 Å². The molecule has 0 aliphatic rings. The molecule has 0 aromatic rings. The minimum atomic E-state index is 0.664. The van der Waals surface area contributed by atoms with Crippen molar-refractivity contribution in [3.05, 3.63) is 0 Å². The van der Waals surface area contributed by atoms with Gasteiger partial charge in [-0.2, -0.15) is 5.06 Å². The average molecular weight is 145 g/mol. The third kappa shape index (κ3) is 5.71. The molecule has 0 atom stereocenters. The van der Waals surface area contributed by atoms with Crippen LogP contribution >= 0.6 is 12.0 Å². The van der Waals surface area contributed by atoms with Crippen molar-refractivity contribution in [1.29, 1.82) is 0 Å². The summed E-state index contributed by atoms with van der Waals surface area (Å²) in [7, 11) is 1.85. The van der Waals surface area contributed by atoms with Gasteiger partial charge in [-0.05, 0) is 6.92 Å². The van der Waals surface area contributed by atoms with Gasteiger partial charge in [0.2, 0.25) is 0 Å². The van der Waals surface area contributed by atoms with Gasteiger partial charge in [-0.25, -0.2) is 4.28 Å². The quantitative estimate of drug-likeness (QED) is 0.336. The standard InChI is InChI=1S/C6H11NOS/c1-4-5-6-7(2)8-9-3/h6H2,1-3H3. The first-order valence-electron chi connectivity index (χ1n) is 2.62. The second-order valence-corrected chi connectivity index (χ2v) is 1.94. The van der Waals surface area contributed by atoms with Crippen molar-refractivity contribution < 1.29 is 4.28 Å². The van der Waals surface area contributed by atoms with Crippen LogP contribution in [-0.4, -0.2) is 24.9 Å². The first-order chi connectivity index (χ1) is 4.31. The molecular weight excluding hydrogens is 134 g/mol. The Morgan fingerprint density at radius 2 is 2.33 bits per heavy atom. The maximum atomic E-state index is 4.99. The zero-order valence-corrected chi connectivity index (χ0v) is 6.79. The van der Waals surface area contributed by atoms with E-state index in [1.165, 1.54) is 12.0 Å². The lowest BCUT2D eigenvalue weighted by atomic mass is 10.6. The maximum absolute atomic E-state index is 4.99. The molecule has 0 radical (unpaired) electrons. The monoisotopic (exact) mass is 145 g/mol. The number of hydrogen-bond donors (Lipinski definition) is 0. The van der Waals surface area contributed by atoms with Crippen LogP contribution in [0, 0.1) is 11.8 Å². The van der Waals surface area contributed by atoms with Crippen molar-refractivity contribution in [2.75, 3.05) is 19.8 Å². The second kappa shape index (κ2) is 5.96. The van der Waals surface area contributed by atoms with E-state index in [9.17, 15) is 0 Å². The summed E-state index contributed by atoms with van der Waals surface area (Å²) in [6.45, 7) is 2.48. The highest BCUT2D eigenvalue weighted by Crippen LogP contribution is 1.96. The molecule has 0 rings (SSSR count). The third-order valence-corrected chi connectivity index (χ3v) is 1.08. The average Bonchev–Trinajstić information content (AvgIpc) is 1.85. The molecule has 0 aromatic carbocycles. The summed E-state index contributed by atoms with van der Waals surface area (Å²) in [5.74, 6) is 5.65. The molecule has 0 fully saturated rings. The van der Waals surface area contributed by atoms with Crippen molar-refractivity contribution in [2.24, 2.45) is 0 Å². The number of nitrogens with zero attached hydrogens (tertiary/aromatic N) is 1. The minimum absolute atomic E-state index is 0.664. The van der Waals surface area contributed by atoms with Crippen LogP contribution in [0.3, 0.4) is 0 Å². The molecule has 3 heteroatoms. The molecule has 0 saturated heterocycles. The zero-order chi connectivity index (χ0) is 7.11. The number of hydroxylamine groups is 2.